The van der Waals surface area contributed by atoms with Crippen molar-refractivity contribution in [2.24, 2.45) is 5.92 Å². The molecule has 0 aliphatic carbocycles. The van der Waals surface area contributed by atoms with Crippen molar-refractivity contribution in [3.05, 3.63) is 41.5 Å². The zero-order valence-corrected chi connectivity index (χ0v) is 16.5. The second-order valence-corrected chi connectivity index (χ2v) is 6.77. The lowest BCUT2D eigenvalue weighted by Crippen LogP contribution is -2.41. The van der Waals surface area contributed by atoms with Crippen LogP contribution in [0.5, 0.6) is 0 Å². The quantitative estimate of drug-likeness (QED) is 0.461. The maximum absolute atomic E-state index is 12.5. The molecule has 7 heteroatoms. The number of esters is 1. The number of nitrogens with zero attached hydrogens (tertiary/aromatic N) is 1. The van der Waals surface area contributed by atoms with Gasteiger partial charge in [-0.25, -0.2) is 0 Å². The summed E-state index contributed by atoms with van der Waals surface area (Å²) < 4.78 is 5.03. The molecule has 2 rings (SSSR count). The average Bonchev–Trinajstić information content (AvgIpc) is 2.68. The number of benzene rings is 1. The fraction of sp³-hybridized carbons (Fsp3) is 0.429. The van der Waals surface area contributed by atoms with Gasteiger partial charge in [0.1, 0.15) is 0 Å². The van der Waals surface area contributed by atoms with E-state index in [-0.39, 0.29) is 23.6 Å². The molecule has 0 unspecified atom stereocenters. The number of carbonyl (C=O) groups is 4. The van der Waals surface area contributed by atoms with Crippen molar-refractivity contribution in [3.8, 4) is 0 Å². The van der Waals surface area contributed by atoms with Gasteiger partial charge in [0, 0.05) is 36.0 Å². The Hall–Kier alpha value is -2.96. The third-order valence-corrected chi connectivity index (χ3v) is 4.65. The lowest BCUT2D eigenvalue weighted by Gasteiger charge is -2.31. The van der Waals surface area contributed by atoms with Crippen LogP contribution in [0.3, 0.4) is 0 Å². The van der Waals surface area contributed by atoms with E-state index in [0.29, 0.717) is 49.4 Å². The summed E-state index contributed by atoms with van der Waals surface area (Å²) in [5.41, 5.74) is 1.43. The van der Waals surface area contributed by atoms with Crippen LogP contribution in [0.4, 0.5) is 5.69 Å². The molecule has 2 amide bonds. The Morgan fingerprint density at radius 1 is 1.11 bits per heavy atom. The second-order valence-electron chi connectivity index (χ2n) is 6.77. The highest BCUT2D eigenvalue weighted by Gasteiger charge is 2.28. The van der Waals surface area contributed by atoms with Gasteiger partial charge in [0.25, 0.3) is 0 Å². The fourth-order valence-electron chi connectivity index (χ4n) is 3.05. The van der Waals surface area contributed by atoms with Crippen LogP contribution in [-0.2, 0) is 19.1 Å². The summed E-state index contributed by atoms with van der Waals surface area (Å²) in [6.45, 7) is 6.11. The number of carbonyl (C=O) groups excluding carboxylic acids is 4. The standard InChI is InChI=1S/C21H26N2O5/c1-4-28-21(27)17-9-11-23(12-10-17)20(26)14(2)13-19(25)22-18-7-5-16(6-8-18)15(3)24/h5-8,13,17H,4,9-12H2,1-3H3,(H,22,25)/b14-13-. The lowest BCUT2D eigenvalue weighted by atomic mass is 9.96. The Bertz CT molecular complexity index is 774. The molecule has 1 aromatic rings. The maximum atomic E-state index is 12.5. The van der Waals surface area contributed by atoms with Crippen molar-refractivity contribution < 1.29 is 23.9 Å². The van der Waals surface area contributed by atoms with E-state index in [2.05, 4.69) is 5.32 Å². The largest absolute Gasteiger partial charge is 0.466 e. The molecule has 1 aliphatic heterocycles. The number of ketones is 1. The molecule has 1 saturated heterocycles. The van der Waals surface area contributed by atoms with Gasteiger partial charge in [-0.1, -0.05) is 0 Å². The molecular formula is C21H26N2O5. The van der Waals surface area contributed by atoms with E-state index in [9.17, 15) is 19.2 Å². The molecule has 0 atom stereocenters. The second kappa shape index (κ2) is 9.82. The normalized spacial score (nSPS) is 15.1. The van der Waals surface area contributed by atoms with Crippen LogP contribution < -0.4 is 5.32 Å². The van der Waals surface area contributed by atoms with Gasteiger partial charge in [-0.3, -0.25) is 19.2 Å². The van der Waals surface area contributed by atoms with E-state index >= 15 is 0 Å². The highest BCUT2D eigenvalue weighted by Crippen LogP contribution is 2.20. The first-order chi connectivity index (χ1) is 13.3. The summed E-state index contributed by atoms with van der Waals surface area (Å²) in [6, 6.07) is 6.54. The predicted octanol–water partition coefficient (Wildman–Crippen LogP) is 2.58. The number of likely N-dealkylation sites (tertiary alicyclic amines) is 1. The molecule has 0 spiro atoms. The number of anilines is 1. The molecule has 0 saturated carbocycles. The molecule has 1 heterocycles. The average molecular weight is 386 g/mol. The van der Waals surface area contributed by atoms with Gasteiger partial charge in [0.2, 0.25) is 11.8 Å². The number of hydrogen-bond acceptors (Lipinski definition) is 5. The van der Waals surface area contributed by atoms with Crippen LogP contribution in [0.15, 0.2) is 35.9 Å². The number of Topliss-reactive ketones (excluding diaryl/α,β-unsaturated/α-hetero) is 1. The van der Waals surface area contributed by atoms with E-state index < -0.39 is 5.91 Å². The SMILES string of the molecule is CCOC(=O)C1CCN(C(=O)/C(C)=C\C(=O)Nc2ccc(C(C)=O)cc2)CC1. The van der Waals surface area contributed by atoms with E-state index in [1.807, 2.05) is 0 Å². The molecular weight excluding hydrogens is 360 g/mol. The Morgan fingerprint density at radius 3 is 2.25 bits per heavy atom. The first kappa shape index (κ1) is 21.3. The molecule has 28 heavy (non-hydrogen) atoms. The Morgan fingerprint density at radius 2 is 1.71 bits per heavy atom. The number of nitrogens with one attached hydrogen (secondary N) is 1. The number of hydrogen-bond donors (Lipinski definition) is 1. The number of rotatable bonds is 6. The van der Waals surface area contributed by atoms with E-state index in [1.54, 1.807) is 43.0 Å². The summed E-state index contributed by atoms with van der Waals surface area (Å²) in [7, 11) is 0. The van der Waals surface area contributed by atoms with Crippen molar-refractivity contribution >= 4 is 29.3 Å². The minimum atomic E-state index is -0.414. The van der Waals surface area contributed by atoms with Crippen molar-refractivity contribution in [2.45, 2.75) is 33.6 Å². The highest BCUT2D eigenvalue weighted by atomic mass is 16.5. The minimum Gasteiger partial charge on any atom is -0.466 e. The van der Waals surface area contributed by atoms with Gasteiger partial charge in [0.15, 0.2) is 5.78 Å². The summed E-state index contributed by atoms with van der Waals surface area (Å²) >= 11 is 0. The fourth-order valence-corrected chi connectivity index (χ4v) is 3.05. The summed E-state index contributed by atoms with van der Waals surface area (Å²) in [6.07, 6.45) is 2.39. The van der Waals surface area contributed by atoms with E-state index in [0.717, 1.165) is 0 Å². The van der Waals surface area contributed by atoms with Crippen LogP contribution in [-0.4, -0.2) is 48.2 Å². The molecule has 0 radical (unpaired) electrons. The first-order valence-electron chi connectivity index (χ1n) is 9.38. The smallest absolute Gasteiger partial charge is 0.309 e. The van der Waals surface area contributed by atoms with Gasteiger partial charge in [-0.2, -0.15) is 0 Å². The molecule has 7 nitrogen and oxygen atoms in total. The Balaban J connectivity index is 1.89. The third-order valence-electron chi connectivity index (χ3n) is 4.65. The number of ether oxygens (including phenoxy) is 1. The monoisotopic (exact) mass is 386 g/mol. The van der Waals surface area contributed by atoms with Gasteiger partial charge in [0.05, 0.1) is 12.5 Å². The van der Waals surface area contributed by atoms with Crippen LogP contribution in [0, 0.1) is 5.92 Å². The molecule has 1 aromatic carbocycles. The minimum absolute atomic E-state index is 0.0501. The third kappa shape index (κ3) is 5.77. The predicted molar refractivity (Wildman–Crippen MR) is 105 cm³/mol. The van der Waals surface area contributed by atoms with Crippen LogP contribution in [0.25, 0.3) is 0 Å². The summed E-state index contributed by atoms with van der Waals surface area (Å²) in [4.78, 5) is 49.4. The Kier molecular flexibility index (Phi) is 7.49. The van der Waals surface area contributed by atoms with Gasteiger partial charge in [-0.15, -0.1) is 0 Å². The molecule has 0 bridgehead atoms. The van der Waals surface area contributed by atoms with Crippen molar-refractivity contribution in [2.75, 3.05) is 25.0 Å². The van der Waals surface area contributed by atoms with Crippen molar-refractivity contribution in [3.63, 3.8) is 0 Å². The molecule has 150 valence electrons. The molecule has 0 aromatic heterocycles. The first-order valence-corrected chi connectivity index (χ1v) is 9.38. The van der Waals surface area contributed by atoms with Crippen LogP contribution >= 0.6 is 0 Å². The summed E-state index contributed by atoms with van der Waals surface area (Å²) in [5.74, 6) is -1.07. The van der Waals surface area contributed by atoms with Crippen LogP contribution in [0.2, 0.25) is 0 Å². The molecule has 1 fully saturated rings. The van der Waals surface area contributed by atoms with Gasteiger partial charge < -0.3 is 15.0 Å². The highest BCUT2D eigenvalue weighted by molar-refractivity contribution is 6.06. The van der Waals surface area contributed by atoms with Crippen molar-refractivity contribution in [1.29, 1.82) is 0 Å². The molecule has 1 aliphatic rings. The zero-order valence-electron chi connectivity index (χ0n) is 16.5. The zero-order chi connectivity index (χ0) is 20.7. The van der Waals surface area contributed by atoms with Gasteiger partial charge in [-0.05, 0) is 57.9 Å². The van der Waals surface area contributed by atoms with Crippen molar-refractivity contribution in [1.82, 2.24) is 4.90 Å². The van der Waals surface area contributed by atoms with Crippen LogP contribution in [0.1, 0.15) is 44.0 Å². The van der Waals surface area contributed by atoms with E-state index in [1.165, 1.54) is 13.0 Å². The molecule has 1 N–H and O–H groups in total. The van der Waals surface area contributed by atoms with Gasteiger partial charge >= 0.3 is 5.97 Å². The summed E-state index contributed by atoms with van der Waals surface area (Å²) in [5, 5.41) is 2.67. The van der Waals surface area contributed by atoms with E-state index in [4.69, 9.17) is 4.74 Å². The maximum Gasteiger partial charge on any atom is 0.309 e. The Labute approximate surface area is 164 Å². The number of amides is 2. The number of piperidine rings is 1. The lowest BCUT2D eigenvalue weighted by molar-refractivity contribution is -0.150. The topological polar surface area (TPSA) is 92.8 Å².